The van der Waals surface area contributed by atoms with Crippen molar-refractivity contribution in [1.29, 1.82) is 0 Å². The third-order valence-electron chi connectivity index (χ3n) is 5.12. The van der Waals surface area contributed by atoms with E-state index in [1.54, 1.807) is 7.05 Å². The van der Waals surface area contributed by atoms with Crippen LogP contribution in [0.25, 0.3) is 5.57 Å². The number of hydrogen-bond acceptors (Lipinski definition) is 5. The molecule has 0 bridgehead atoms. The van der Waals surface area contributed by atoms with Crippen molar-refractivity contribution in [3.05, 3.63) is 40.1 Å². The number of halogens is 2. The Kier molecular flexibility index (Phi) is 5.07. The van der Waals surface area contributed by atoms with E-state index in [1.807, 2.05) is 25.3 Å². The van der Waals surface area contributed by atoms with Gasteiger partial charge in [0.25, 0.3) is 0 Å². The molecule has 4 rings (SSSR count). The first-order valence-electron chi connectivity index (χ1n) is 8.83. The maximum atomic E-state index is 12.9. The highest BCUT2D eigenvalue weighted by Gasteiger charge is 2.31. The first kappa shape index (κ1) is 19.6. The van der Waals surface area contributed by atoms with E-state index in [1.165, 1.54) is 15.2 Å². The fourth-order valence-corrected chi connectivity index (χ4v) is 5.51. The zero-order chi connectivity index (χ0) is 20.1. The molecule has 0 unspecified atom stereocenters. The summed E-state index contributed by atoms with van der Waals surface area (Å²) in [6, 6.07) is 3.85. The Bertz CT molecular complexity index is 1070. The number of anilines is 1. The second-order valence-electron chi connectivity index (χ2n) is 6.84. The van der Waals surface area contributed by atoms with Gasteiger partial charge in [-0.2, -0.15) is 9.40 Å². The molecule has 0 atom stereocenters. The number of aryl methyl sites for hydroxylation is 1. The van der Waals surface area contributed by atoms with E-state index < -0.39 is 10.0 Å². The predicted molar refractivity (Wildman–Crippen MR) is 110 cm³/mol. The number of benzene rings is 1. The maximum absolute atomic E-state index is 12.9. The van der Waals surface area contributed by atoms with Crippen molar-refractivity contribution in [2.45, 2.75) is 11.3 Å². The van der Waals surface area contributed by atoms with Gasteiger partial charge in [0.1, 0.15) is 22.4 Å². The van der Waals surface area contributed by atoms with Crippen LogP contribution in [-0.4, -0.2) is 55.8 Å². The molecule has 2 aliphatic rings. The molecule has 2 aliphatic heterocycles. The highest BCUT2D eigenvalue weighted by Crippen LogP contribution is 2.40. The van der Waals surface area contributed by atoms with E-state index in [-0.39, 0.29) is 16.6 Å². The van der Waals surface area contributed by atoms with Crippen LogP contribution in [0.4, 0.5) is 5.69 Å². The van der Waals surface area contributed by atoms with Crippen LogP contribution < -0.4 is 9.64 Å². The van der Waals surface area contributed by atoms with Crippen LogP contribution >= 0.6 is 23.2 Å². The number of rotatable bonds is 3. The topological polar surface area (TPSA) is 67.7 Å². The van der Waals surface area contributed by atoms with Crippen LogP contribution in [0.2, 0.25) is 10.2 Å². The number of aromatic nitrogens is 2. The molecule has 28 heavy (non-hydrogen) atoms. The van der Waals surface area contributed by atoms with Gasteiger partial charge < -0.3 is 9.64 Å². The number of hydrogen-bond donors (Lipinski definition) is 0. The average molecular weight is 443 g/mol. The lowest BCUT2D eigenvalue weighted by Crippen LogP contribution is -2.34. The highest BCUT2D eigenvalue weighted by atomic mass is 35.5. The molecule has 1 aromatic heterocycles. The van der Waals surface area contributed by atoms with E-state index in [0.29, 0.717) is 24.6 Å². The van der Waals surface area contributed by atoms with Gasteiger partial charge in [0.2, 0.25) is 10.0 Å². The normalized spacial score (nSPS) is 17.9. The summed E-state index contributed by atoms with van der Waals surface area (Å²) < 4.78 is 34.2. The second-order valence-corrected chi connectivity index (χ2v) is 9.51. The number of fused-ring (bicyclic) bond motifs is 1. The fourth-order valence-electron chi connectivity index (χ4n) is 3.44. The van der Waals surface area contributed by atoms with Crippen LogP contribution in [0.15, 0.2) is 29.3 Å². The van der Waals surface area contributed by atoms with E-state index in [9.17, 15) is 8.42 Å². The minimum Gasteiger partial charge on any atom is -0.490 e. The first-order chi connectivity index (χ1) is 13.3. The van der Waals surface area contributed by atoms with Crippen molar-refractivity contribution < 1.29 is 13.2 Å². The van der Waals surface area contributed by atoms with E-state index in [4.69, 9.17) is 27.9 Å². The van der Waals surface area contributed by atoms with E-state index in [2.05, 4.69) is 10.00 Å². The predicted octanol–water partition coefficient (Wildman–Crippen LogP) is 3.03. The van der Waals surface area contributed by atoms with Crippen LogP contribution in [0.3, 0.4) is 0 Å². The van der Waals surface area contributed by atoms with Gasteiger partial charge in [-0.3, -0.25) is 4.68 Å². The van der Waals surface area contributed by atoms with Gasteiger partial charge in [-0.05, 0) is 29.7 Å². The summed E-state index contributed by atoms with van der Waals surface area (Å²) >= 11 is 12.6. The van der Waals surface area contributed by atoms with Crippen molar-refractivity contribution in [2.24, 2.45) is 7.05 Å². The molecule has 1 aromatic carbocycles. The highest BCUT2D eigenvalue weighted by molar-refractivity contribution is 7.89. The first-order valence-corrected chi connectivity index (χ1v) is 11.0. The molecule has 0 saturated heterocycles. The van der Waals surface area contributed by atoms with E-state index in [0.717, 1.165) is 29.1 Å². The summed E-state index contributed by atoms with van der Waals surface area (Å²) in [5.74, 6) is 0.797. The van der Waals surface area contributed by atoms with Crippen molar-refractivity contribution in [3.8, 4) is 5.75 Å². The minimum absolute atomic E-state index is 0.0248. The molecule has 2 aromatic rings. The lowest BCUT2D eigenvalue weighted by atomic mass is 9.99. The Balaban J connectivity index is 1.60. The Morgan fingerprint density at radius 2 is 1.96 bits per heavy atom. The van der Waals surface area contributed by atoms with Gasteiger partial charge in [-0.15, -0.1) is 0 Å². The summed E-state index contributed by atoms with van der Waals surface area (Å²) in [7, 11) is -0.0923. The smallest absolute Gasteiger partial charge is 0.248 e. The molecule has 0 N–H and O–H groups in total. The number of nitrogens with zero attached hydrogens (tertiary/aromatic N) is 4. The summed E-state index contributed by atoms with van der Waals surface area (Å²) in [6.07, 6.45) is 3.72. The molecule has 10 heteroatoms. The summed E-state index contributed by atoms with van der Waals surface area (Å²) in [6.45, 7) is 2.03. The van der Waals surface area contributed by atoms with Crippen molar-refractivity contribution in [3.63, 3.8) is 0 Å². The maximum Gasteiger partial charge on any atom is 0.248 e. The van der Waals surface area contributed by atoms with Gasteiger partial charge in [0.15, 0.2) is 0 Å². The van der Waals surface area contributed by atoms with Gasteiger partial charge in [-0.25, -0.2) is 8.42 Å². The monoisotopic (exact) mass is 442 g/mol. The minimum atomic E-state index is -3.70. The molecule has 0 spiro atoms. The summed E-state index contributed by atoms with van der Waals surface area (Å²) in [5.41, 5.74) is 2.85. The molecule has 150 valence electrons. The zero-order valence-corrected chi connectivity index (χ0v) is 17.9. The quantitative estimate of drug-likeness (QED) is 0.730. The number of sulfonamides is 1. The molecule has 3 heterocycles. The molecule has 7 nitrogen and oxygen atoms in total. The SMILES string of the molecule is CN1CCOc2cc(C3=CCN(S(=O)(=O)c4cnn(C)c4Cl)CC3)c(Cl)cc21. The van der Waals surface area contributed by atoms with Gasteiger partial charge in [-0.1, -0.05) is 29.3 Å². The Hall–Kier alpha value is -1.74. The summed E-state index contributed by atoms with van der Waals surface area (Å²) in [4.78, 5) is 2.13. The molecule has 0 fully saturated rings. The fraction of sp³-hybridized carbons (Fsp3) is 0.389. The third kappa shape index (κ3) is 3.28. The van der Waals surface area contributed by atoms with Gasteiger partial charge in [0.05, 0.1) is 23.5 Å². The second kappa shape index (κ2) is 7.26. The average Bonchev–Trinajstić information content (AvgIpc) is 3.02. The molecular formula is C18H20Cl2N4O3S. The summed E-state index contributed by atoms with van der Waals surface area (Å²) in [5, 5.41) is 4.67. The molecule has 0 radical (unpaired) electrons. The van der Waals surface area contributed by atoms with Crippen molar-refractivity contribution in [1.82, 2.24) is 14.1 Å². The Morgan fingerprint density at radius 1 is 1.18 bits per heavy atom. The van der Waals surface area contributed by atoms with Crippen molar-refractivity contribution in [2.75, 3.05) is 38.2 Å². The molecule has 0 saturated carbocycles. The van der Waals surface area contributed by atoms with E-state index >= 15 is 0 Å². The van der Waals surface area contributed by atoms with Crippen LogP contribution in [-0.2, 0) is 17.1 Å². The van der Waals surface area contributed by atoms with Crippen LogP contribution in [0, 0.1) is 0 Å². The third-order valence-corrected chi connectivity index (χ3v) is 7.85. The molecular weight excluding hydrogens is 423 g/mol. The van der Waals surface area contributed by atoms with Gasteiger partial charge >= 0.3 is 0 Å². The zero-order valence-electron chi connectivity index (χ0n) is 15.5. The number of likely N-dealkylation sites (N-methyl/N-ethyl adjacent to an activating group) is 1. The van der Waals surface area contributed by atoms with Gasteiger partial charge in [0, 0.05) is 27.2 Å². The van der Waals surface area contributed by atoms with Crippen molar-refractivity contribution >= 4 is 44.5 Å². The lowest BCUT2D eigenvalue weighted by molar-refractivity contribution is 0.311. The molecule has 0 amide bonds. The Labute approximate surface area is 174 Å². The largest absolute Gasteiger partial charge is 0.490 e. The lowest BCUT2D eigenvalue weighted by Gasteiger charge is -2.30. The van der Waals surface area contributed by atoms with Crippen LogP contribution in [0.5, 0.6) is 5.75 Å². The van der Waals surface area contributed by atoms with Crippen LogP contribution in [0.1, 0.15) is 12.0 Å². The molecule has 0 aliphatic carbocycles. The Morgan fingerprint density at radius 3 is 2.61 bits per heavy atom. The number of ether oxygens (including phenoxy) is 1. The standard InChI is InChI=1S/C18H20Cl2N4O3S/c1-22-7-8-27-16-9-13(14(19)10-15(16)22)12-3-5-24(6-4-12)28(25,26)17-11-21-23(2)18(17)20/h3,9-11H,4-8H2,1-2H3.